The summed E-state index contributed by atoms with van der Waals surface area (Å²) >= 11 is 0. The number of nitrogens with zero attached hydrogens (tertiary/aromatic N) is 2. The van der Waals surface area contributed by atoms with Gasteiger partial charge in [0.1, 0.15) is 17.1 Å². The van der Waals surface area contributed by atoms with Gasteiger partial charge >= 0.3 is 5.69 Å². The first-order valence-corrected chi connectivity index (χ1v) is 9.08. The second-order valence-electron chi connectivity index (χ2n) is 6.63. The fraction of sp³-hybridized carbons (Fsp3) is 0.300. The summed E-state index contributed by atoms with van der Waals surface area (Å²) in [5.41, 5.74) is 2.82. The second kappa shape index (κ2) is 7.30. The molecule has 0 atom stereocenters. The summed E-state index contributed by atoms with van der Waals surface area (Å²) in [6, 6.07) is 11.1. The number of fused-ring (bicyclic) bond motifs is 1. The standard InChI is InChI=1S/C20H22N4O4/c1-27-16-4-3-5-17(28-2)18(16)19(25)24-10-8-23(9-11-24)13-6-7-14-15(12-13)22-20(26)21-14/h3-7,12H,8-11H2,1-2H3,(H2,21,22,26). The van der Waals surface area contributed by atoms with Crippen LogP contribution in [-0.2, 0) is 0 Å². The number of hydrogen-bond donors (Lipinski definition) is 2. The van der Waals surface area contributed by atoms with Crippen LogP contribution in [0.25, 0.3) is 11.0 Å². The lowest BCUT2D eigenvalue weighted by atomic mass is 10.1. The molecule has 8 nitrogen and oxygen atoms in total. The van der Waals surface area contributed by atoms with Crippen molar-refractivity contribution >= 4 is 22.6 Å². The molecule has 0 radical (unpaired) electrons. The molecule has 0 saturated carbocycles. The number of aromatic nitrogens is 2. The molecule has 28 heavy (non-hydrogen) atoms. The number of methoxy groups -OCH3 is 2. The van der Waals surface area contributed by atoms with Gasteiger partial charge in [-0.25, -0.2) is 4.79 Å². The van der Waals surface area contributed by atoms with E-state index in [1.54, 1.807) is 32.4 Å². The monoisotopic (exact) mass is 382 g/mol. The summed E-state index contributed by atoms with van der Waals surface area (Å²) in [4.78, 5) is 34.1. The van der Waals surface area contributed by atoms with E-state index in [9.17, 15) is 9.59 Å². The molecule has 1 aliphatic heterocycles. The van der Waals surface area contributed by atoms with Crippen LogP contribution in [0.15, 0.2) is 41.2 Å². The van der Waals surface area contributed by atoms with Crippen molar-refractivity contribution in [2.75, 3.05) is 45.3 Å². The Hall–Kier alpha value is -3.42. The fourth-order valence-corrected chi connectivity index (χ4v) is 3.61. The van der Waals surface area contributed by atoms with Gasteiger partial charge in [0.2, 0.25) is 0 Å². The molecule has 2 heterocycles. The number of anilines is 1. The number of nitrogens with one attached hydrogen (secondary N) is 2. The first kappa shape index (κ1) is 18.0. The summed E-state index contributed by atoms with van der Waals surface area (Å²) in [6.45, 7) is 2.57. The predicted molar refractivity (Wildman–Crippen MR) is 107 cm³/mol. The predicted octanol–water partition coefficient (Wildman–Crippen LogP) is 1.84. The van der Waals surface area contributed by atoms with Crippen molar-refractivity contribution in [2.24, 2.45) is 0 Å². The first-order valence-electron chi connectivity index (χ1n) is 9.08. The van der Waals surface area contributed by atoms with E-state index in [1.807, 2.05) is 23.1 Å². The maximum absolute atomic E-state index is 13.1. The van der Waals surface area contributed by atoms with Crippen LogP contribution in [-0.4, -0.2) is 61.2 Å². The number of rotatable bonds is 4. The number of benzene rings is 2. The third-order valence-electron chi connectivity index (χ3n) is 5.07. The quantitative estimate of drug-likeness (QED) is 0.719. The van der Waals surface area contributed by atoms with Crippen molar-refractivity contribution in [3.63, 3.8) is 0 Å². The zero-order valence-corrected chi connectivity index (χ0v) is 15.8. The summed E-state index contributed by atoms with van der Waals surface area (Å²) in [5.74, 6) is 0.918. The first-order chi connectivity index (χ1) is 13.6. The topological polar surface area (TPSA) is 90.7 Å². The highest BCUT2D eigenvalue weighted by Crippen LogP contribution is 2.30. The van der Waals surface area contributed by atoms with Gasteiger partial charge in [0.25, 0.3) is 5.91 Å². The third-order valence-corrected chi connectivity index (χ3v) is 5.07. The van der Waals surface area contributed by atoms with Gasteiger partial charge < -0.3 is 29.2 Å². The molecule has 0 spiro atoms. The van der Waals surface area contributed by atoms with Gasteiger partial charge in [0, 0.05) is 31.9 Å². The molecule has 8 heteroatoms. The van der Waals surface area contributed by atoms with E-state index in [0.29, 0.717) is 43.2 Å². The van der Waals surface area contributed by atoms with Gasteiger partial charge in [-0.05, 0) is 30.3 Å². The van der Waals surface area contributed by atoms with Crippen molar-refractivity contribution in [2.45, 2.75) is 0 Å². The van der Waals surface area contributed by atoms with E-state index >= 15 is 0 Å². The molecule has 0 unspecified atom stereocenters. The number of carbonyl (C=O) groups is 1. The zero-order chi connectivity index (χ0) is 19.7. The third kappa shape index (κ3) is 3.17. The molecule has 1 saturated heterocycles. The number of piperazine rings is 1. The van der Waals surface area contributed by atoms with E-state index in [2.05, 4.69) is 14.9 Å². The Morgan fingerprint density at radius 1 is 0.929 bits per heavy atom. The number of imidazole rings is 1. The minimum atomic E-state index is -0.215. The van der Waals surface area contributed by atoms with Crippen molar-refractivity contribution in [3.05, 3.63) is 52.4 Å². The molecule has 146 valence electrons. The van der Waals surface area contributed by atoms with E-state index in [1.165, 1.54) is 0 Å². The van der Waals surface area contributed by atoms with Crippen LogP contribution >= 0.6 is 0 Å². The molecular formula is C20H22N4O4. The Kier molecular flexibility index (Phi) is 4.68. The Morgan fingerprint density at radius 2 is 1.57 bits per heavy atom. The van der Waals surface area contributed by atoms with Crippen molar-refractivity contribution in [1.82, 2.24) is 14.9 Å². The van der Waals surface area contributed by atoms with Gasteiger partial charge in [-0.2, -0.15) is 0 Å². The maximum Gasteiger partial charge on any atom is 0.323 e. The molecule has 3 aromatic rings. The lowest BCUT2D eigenvalue weighted by Gasteiger charge is -2.36. The molecule has 0 aliphatic carbocycles. The van der Waals surface area contributed by atoms with Crippen molar-refractivity contribution in [1.29, 1.82) is 0 Å². The smallest absolute Gasteiger partial charge is 0.323 e. The van der Waals surface area contributed by atoms with Crippen LogP contribution < -0.4 is 20.1 Å². The molecular weight excluding hydrogens is 360 g/mol. The molecule has 1 amide bonds. The highest BCUT2D eigenvalue weighted by atomic mass is 16.5. The maximum atomic E-state index is 13.1. The minimum absolute atomic E-state index is 0.0978. The van der Waals surface area contributed by atoms with Crippen LogP contribution in [0.2, 0.25) is 0 Å². The molecule has 4 rings (SSSR count). The Labute approximate surface area is 161 Å². The van der Waals surface area contributed by atoms with Gasteiger partial charge in [-0.3, -0.25) is 4.79 Å². The van der Waals surface area contributed by atoms with Crippen molar-refractivity contribution in [3.8, 4) is 11.5 Å². The summed E-state index contributed by atoms with van der Waals surface area (Å²) in [6.07, 6.45) is 0. The van der Waals surface area contributed by atoms with Crippen LogP contribution in [0, 0.1) is 0 Å². The molecule has 2 aromatic carbocycles. The zero-order valence-electron chi connectivity index (χ0n) is 15.8. The summed E-state index contributed by atoms with van der Waals surface area (Å²) in [7, 11) is 3.09. The van der Waals surface area contributed by atoms with Gasteiger partial charge in [-0.15, -0.1) is 0 Å². The highest BCUT2D eigenvalue weighted by molar-refractivity contribution is 6.00. The lowest BCUT2D eigenvalue weighted by molar-refractivity contribution is 0.0740. The number of H-pyrrole nitrogens is 2. The number of carbonyl (C=O) groups excluding carboxylic acids is 1. The molecule has 1 fully saturated rings. The molecule has 1 aliphatic rings. The van der Waals surface area contributed by atoms with Gasteiger partial charge in [0.15, 0.2) is 0 Å². The normalized spacial score (nSPS) is 14.4. The number of ether oxygens (including phenoxy) is 2. The summed E-state index contributed by atoms with van der Waals surface area (Å²) < 4.78 is 10.7. The SMILES string of the molecule is COc1cccc(OC)c1C(=O)N1CCN(c2ccc3[nH]c(=O)[nH]c3c2)CC1. The average molecular weight is 382 g/mol. The fourth-order valence-electron chi connectivity index (χ4n) is 3.61. The van der Waals surface area contributed by atoms with E-state index in [4.69, 9.17) is 9.47 Å². The minimum Gasteiger partial charge on any atom is -0.496 e. The van der Waals surface area contributed by atoms with Crippen LogP contribution in [0.1, 0.15) is 10.4 Å². The van der Waals surface area contributed by atoms with Crippen LogP contribution in [0.4, 0.5) is 5.69 Å². The molecule has 1 aromatic heterocycles. The van der Waals surface area contributed by atoms with Gasteiger partial charge in [0.05, 0.1) is 25.3 Å². The molecule has 2 N–H and O–H groups in total. The van der Waals surface area contributed by atoms with E-state index < -0.39 is 0 Å². The van der Waals surface area contributed by atoms with Crippen molar-refractivity contribution < 1.29 is 14.3 Å². The number of hydrogen-bond acceptors (Lipinski definition) is 5. The Balaban J connectivity index is 1.50. The Bertz CT molecular complexity index is 1040. The number of amides is 1. The number of aromatic amines is 2. The largest absolute Gasteiger partial charge is 0.496 e. The second-order valence-corrected chi connectivity index (χ2v) is 6.63. The van der Waals surface area contributed by atoms with Gasteiger partial charge in [-0.1, -0.05) is 6.07 Å². The average Bonchev–Trinajstić information content (AvgIpc) is 3.11. The van der Waals surface area contributed by atoms with Crippen LogP contribution in [0.5, 0.6) is 11.5 Å². The summed E-state index contributed by atoms with van der Waals surface area (Å²) in [5, 5.41) is 0. The Morgan fingerprint density at radius 3 is 2.21 bits per heavy atom. The van der Waals surface area contributed by atoms with E-state index in [0.717, 1.165) is 16.7 Å². The lowest BCUT2D eigenvalue weighted by Crippen LogP contribution is -2.48. The molecule has 0 bridgehead atoms. The highest BCUT2D eigenvalue weighted by Gasteiger charge is 2.27. The van der Waals surface area contributed by atoms with E-state index in [-0.39, 0.29) is 11.6 Å². The van der Waals surface area contributed by atoms with Crippen LogP contribution in [0.3, 0.4) is 0 Å².